The maximum absolute atomic E-state index is 14.0. The number of rotatable bonds is 4. The van der Waals surface area contributed by atoms with Crippen LogP contribution in [-0.2, 0) is 6.54 Å². The molecule has 1 aromatic carbocycles. The van der Waals surface area contributed by atoms with Crippen molar-refractivity contribution in [2.24, 2.45) is 5.92 Å². The third-order valence-corrected chi connectivity index (χ3v) is 7.52. The Morgan fingerprint density at radius 2 is 2.00 bits per heavy atom. The number of benzene rings is 1. The van der Waals surface area contributed by atoms with E-state index in [1.54, 1.807) is 23.1 Å². The van der Waals surface area contributed by atoms with Gasteiger partial charge in [0.05, 0.1) is 10.9 Å². The third kappa shape index (κ3) is 4.06. The fourth-order valence-electron chi connectivity index (χ4n) is 4.55. The summed E-state index contributed by atoms with van der Waals surface area (Å²) in [6, 6.07) is 10.5. The molecule has 0 bridgehead atoms. The number of thioether (sulfide) groups is 1. The Bertz CT molecular complexity index is 1140. The quantitative estimate of drug-likeness (QED) is 0.591. The van der Waals surface area contributed by atoms with E-state index in [0.29, 0.717) is 24.4 Å². The lowest BCUT2D eigenvalue weighted by atomic mass is 9.95. The Hall–Kier alpha value is -2.80. The minimum absolute atomic E-state index is 0.171. The zero-order chi connectivity index (χ0) is 21.4. The minimum Gasteiger partial charge on any atom is -0.360 e. The van der Waals surface area contributed by atoms with E-state index in [4.69, 9.17) is 0 Å². The van der Waals surface area contributed by atoms with Crippen LogP contribution in [-0.4, -0.2) is 43.6 Å². The van der Waals surface area contributed by atoms with Crippen LogP contribution in [0.2, 0.25) is 0 Å². The van der Waals surface area contributed by atoms with Gasteiger partial charge in [-0.05, 0) is 60.4 Å². The van der Waals surface area contributed by atoms with E-state index in [-0.39, 0.29) is 11.5 Å². The average molecular weight is 437 g/mol. The molecule has 1 unspecified atom stereocenters. The molecule has 0 radical (unpaired) electrons. The lowest BCUT2D eigenvalue weighted by Gasteiger charge is -2.38. The predicted octanol–water partition coefficient (Wildman–Crippen LogP) is 4.76. The van der Waals surface area contributed by atoms with Crippen molar-refractivity contribution >= 4 is 23.3 Å². The van der Waals surface area contributed by atoms with E-state index < -0.39 is 5.82 Å². The zero-order valence-corrected chi connectivity index (χ0v) is 18.3. The smallest absolute Gasteiger partial charge is 0.256 e. The summed E-state index contributed by atoms with van der Waals surface area (Å²) in [5, 5.41) is 0.363. The van der Waals surface area contributed by atoms with Gasteiger partial charge in [-0.3, -0.25) is 4.79 Å². The van der Waals surface area contributed by atoms with Crippen LogP contribution in [0.5, 0.6) is 0 Å². The number of hydrogen-bond donors (Lipinski definition) is 0. The Kier molecular flexibility index (Phi) is 5.44. The second-order valence-electron chi connectivity index (χ2n) is 8.26. The van der Waals surface area contributed by atoms with Crippen molar-refractivity contribution in [1.82, 2.24) is 19.2 Å². The van der Waals surface area contributed by atoms with Crippen LogP contribution in [0.4, 0.5) is 4.39 Å². The highest BCUT2D eigenvalue weighted by Gasteiger charge is 2.35. The highest BCUT2D eigenvalue weighted by atomic mass is 32.2. The number of hydrogen-bond acceptors (Lipinski definition) is 4. The van der Waals surface area contributed by atoms with Crippen LogP contribution in [0.1, 0.15) is 35.7 Å². The summed E-state index contributed by atoms with van der Waals surface area (Å²) in [6.45, 7) is 4.34. The Morgan fingerprint density at radius 1 is 1.19 bits per heavy atom. The molecule has 2 aliphatic heterocycles. The van der Waals surface area contributed by atoms with E-state index >= 15 is 0 Å². The molecule has 0 N–H and O–H groups in total. The van der Waals surface area contributed by atoms with Crippen LogP contribution < -0.4 is 0 Å². The number of allylic oxidation sites excluding steroid dienone is 1. The first-order chi connectivity index (χ1) is 15.1. The molecule has 5 nitrogen and oxygen atoms in total. The van der Waals surface area contributed by atoms with Gasteiger partial charge >= 0.3 is 0 Å². The van der Waals surface area contributed by atoms with E-state index in [2.05, 4.69) is 41.3 Å². The molecule has 2 aromatic heterocycles. The number of fused-ring (bicyclic) bond motifs is 1. The molecule has 31 heavy (non-hydrogen) atoms. The molecule has 1 amide bonds. The molecule has 1 atom stereocenters. The van der Waals surface area contributed by atoms with Crippen molar-refractivity contribution in [2.45, 2.75) is 31.7 Å². The van der Waals surface area contributed by atoms with Crippen molar-refractivity contribution in [2.75, 3.05) is 13.1 Å². The van der Waals surface area contributed by atoms with Crippen LogP contribution in [0.15, 0.2) is 66.1 Å². The summed E-state index contributed by atoms with van der Waals surface area (Å²) in [5.41, 5.74) is 2.37. The van der Waals surface area contributed by atoms with Crippen LogP contribution >= 0.6 is 11.8 Å². The maximum Gasteiger partial charge on any atom is 0.256 e. The van der Waals surface area contributed by atoms with Gasteiger partial charge < -0.3 is 14.2 Å². The lowest BCUT2D eigenvalue weighted by molar-refractivity contribution is 0.0663. The number of piperidine rings is 1. The van der Waals surface area contributed by atoms with Crippen LogP contribution in [0, 0.1) is 11.7 Å². The first-order valence-corrected chi connectivity index (χ1v) is 11.5. The zero-order valence-electron chi connectivity index (χ0n) is 17.4. The Labute approximate surface area is 185 Å². The van der Waals surface area contributed by atoms with Gasteiger partial charge in [-0.15, -0.1) is 11.8 Å². The summed E-state index contributed by atoms with van der Waals surface area (Å²) in [7, 11) is 0. The Balaban J connectivity index is 1.25. The van der Waals surface area contributed by atoms with E-state index in [9.17, 15) is 9.18 Å². The largest absolute Gasteiger partial charge is 0.360 e. The molecule has 160 valence electrons. The summed E-state index contributed by atoms with van der Waals surface area (Å²) >= 11 is 1.92. The molecule has 4 heterocycles. The van der Waals surface area contributed by atoms with Crippen LogP contribution in [0.3, 0.4) is 0 Å². The van der Waals surface area contributed by atoms with E-state index in [1.807, 2.05) is 28.6 Å². The summed E-state index contributed by atoms with van der Waals surface area (Å²) < 4.78 is 16.0. The van der Waals surface area contributed by atoms with Gasteiger partial charge in [0.15, 0.2) is 0 Å². The predicted molar refractivity (Wildman–Crippen MR) is 121 cm³/mol. The SMILES string of the molecule is CC1=CN(Cc2ccn3ccnc3c2)C(C2CCN(C(=O)c3ccccc3F)CC2)S1. The van der Waals surface area contributed by atoms with Gasteiger partial charge in [-0.1, -0.05) is 12.1 Å². The molecular formula is C24H25FN4OS. The van der Waals surface area contributed by atoms with Crippen molar-refractivity contribution in [3.63, 3.8) is 0 Å². The van der Waals surface area contributed by atoms with Crippen molar-refractivity contribution in [1.29, 1.82) is 0 Å². The van der Waals surface area contributed by atoms with Gasteiger partial charge in [0.2, 0.25) is 0 Å². The third-order valence-electron chi connectivity index (χ3n) is 6.14. The fraction of sp³-hybridized carbons (Fsp3) is 0.333. The number of carbonyl (C=O) groups is 1. The van der Waals surface area contributed by atoms with Gasteiger partial charge in [0.25, 0.3) is 5.91 Å². The number of imidazole rings is 1. The van der Waals surface area contributed by atoms with Gasteiger partial charge in [-0.2, -0.15) is 0 Å². The average Bonchev–Trinajstić information content (AvgIpc) is 3.39. The van der Waals surface area contributed by atoms with Crippen LogP contribution in [0.25, 0.3) is 5.65 Å². The van der Waals surface area contributed by atoms with Gasteiger partial charge in [0, 0.05) is 44.4 Å². The fourth-order valence-corrected chi connectivity index (χ4v) is 5.87. The standard InChI is InChI=1S/C24H25FN4OS/c1-17-15-29(16-18-6-10-27-13-9-26-22(27)14-18)24(31-17)19-7-11-28(12-8-19)23(30)20-4-2-3-5-21(20)25/h2-6,9-10,13-15,19,24H,7-8,11-12,16H2,1H3. The summed E-state index contributed by atoms with van der Waals surface area (Å²) in [5.74, 6) is -0.158. The molecule has 0 aliphatic carbocycles. The number of aromatic nitrogens is 2. The monoisotopic (exact) mass is 436 g/mol. The number of nitrogens with zero attached hydrogens (tertiary/aromatic N) is 4. The molecule has 1 saturated heterocycles. The maximum atomic E-state index is 14.0. The Morgan fingerprint density at radius 3 is 2.81 bits per heavy atom. The number of amides is 1. The van der Waals surface area contributed by atoms with E-state index in [0.717, 1.165) is 25.0 Å². The van der Waals surface area contributed by atoms with E-state index in [1.165, 1.54) is 16.5 Å². The summed E-state index contributed by atoms with van der Waals surface area (Å²) in [6.07, 6.45) is 9.92. The first-order valence-electron chi connectivity index (χ1n) is 10.6. The van der Waals surface area contributed by atoms with Gasteiger partial charge in [-0.25, -0.2) is 9.37 Å². The minimum atomic E-state index is -0.443. The highest BCUT2D eigenvalue weighted by Crippen LogP contribution is 2.41. The normalized spacial score (nSPS) is 19.8. The molecule has 5 rings (SSSR count). The summed E-state index contributed by atoms with van der Waals surface area (Å²) in [4.78, 5) is 22.7. The van der Waals surface area contributed by atoms with Crippen molar-refractivity contribution in [3.05, 3.63) is 83.0 Å². The molecule has 2 aliphatic rings. The van der Waals surface area contributed by atoms with Crippen molar-refractivity contribution in [3.8, 4) is 0 Å². The number of pyridine rings is 1. The first kappa shape index (κ1) is 20.1. The second-order valence-corrected chi connectivity index (χ2v) is 9.62. The number of halogens is 1. The number of likely N-dealkylation sites (tertiary alicyclic amines) is 1. The molecule has 3 aromatic rings. The highest BCUT2D eigenvalue weighted by molar-refractivity contribution is 8.03. The number of carbonyl (C=O) groups excluding carboxylic acids is 1. The molecule has 1 fully saturated rings. The molecule has 7 heteroatoms. The lowest BCUT2D eigenvalue weighted by Crippen LogP contribution is -2.43. The molecule has 0 spiro atoms. The van der Waals surface area contributed by atoms with Gasteiger partial charge in [0.1, 0.15) is 11.5 Å². The second kappa shape index (κ2) is 8.38. The topological polar surface area (TPSA) is 40.9 Å². The van der Waals surface area contributed by atoms with Crippen molar-refractivity contribution < 1.29 is 9.18 Å². The molecular weight excluding hydrogens is 411 g/mol. The molecule has 0 saturated carbocycles.